The molecule has 0 fully saturated rings. The van der Waals surface area contributed by atoms with E-state index in [2.05, 4.69) is 19.1 Å². The van der Waals surface area contributed by atoms with Crippen LogP contribution in [-0.4, -0.2) is 5.97 Å². The van der Waals surface area contributed by atoms with Crippen LogP contribution >= 0.6 is 0 Å². The smallest absolute Gasteiger partial charge is 0.302 e. The molecule has 0 heterocycles. The van der Waals surface area contributed by atoms with Crippen molar-refractivity contribution in [2.45, 2.75) is 46.1 Å². The summed E-state index contributed by atoms with van der Waals surface area (Å²) in [5.74, 6) is -0.230. The first-order valence-electron chi connectivity index (χ1n) is 5.93. The maximum absolute atomic E-state index is 10.6. The van der Waals surface area contributed by atoms with Gasteiger partial charge in [0, 0.05) is 6.92 Å². The Morgan fingerprint density at radius 3 is 2.31 bits per heavy atom. The van der Waals surface area contributed by atoms with E-state index in [0.717, 1.165) is 12.0 Å². The van der Waals surface area contributed by atoms with Gasteiger partial charge < -0.3 is 4.74 Å². The number of rotatable bonds is 6. The van der Waals surface area contributed by atoms with Crippen molar-refractivity contribution in [3.63, 3.8) is 0 Å². The molecule has 1 aromatic carbocycles. The van der Waals surface area contributed by atoms with Crippen molar-refractivity contribution >= 4 is 5.97 Å². The molecule has 0 aromatic heterocycles. The number of carbonyl (C=O) groups excluding carboxylic acids is 1. The van der Waals surface area contributed by atoms with Crippen LogP contribution in [0.25, 0.3) is 0 Å². The van der Waals surface area contributed by atoms with Crippen LogP contribution < -0.4 is 0 Å². The topological polar surface area (TPSA) is 26.3 Å². The molecular weight excluding hydrogens is 200 g/mol. The predicted molar refractivity (Wildman–Crippen MR) is 65.1 cm³/mol. The van der Waals surface area contributed by atoms with Gasteiger partial charge in [-0.05, 0) is 24.0 Å². The Labute approximate surface area is 97.6 Å². The second-order valence-corrected chi connectivity index (χ2v) is 4.05. The molecule has 0 saturated heterocycles. The highest BCUT2D eigenvalue weighted by Gasteiger charge is 1.97. The zero-order valence-corrected chi connectivity index (χ0v) is 10.2. The largest absolute Gasteiger partial charge is 0.461 e. The van der Waals surface area contributed by atoms with E-state index in [1.807, 2.05) is 12.1 Å². The summed E-state index contributed by atoms with van der Waals surface area (Å²) in [5, 5.41) is 0. The van der Waals surface area contributed by atoms with E-state index in [9.17, 15) is 4.79 Å². The molecular formula is C14H20O2. The molecule has 0 unspecified atom stereocenters. The Bertz CT molecular complexity index is 314. The van der Waals surface area contributed by atoms with Gasteiger partial charge in [0.2, 0.25) is 0 Å². The molecule has 2 heteroatoms. The Kier molecular flexibility index (Phi) is 5.62. The van der Waals surface area contributed by atoms with E-state index >= 15 is 0 Å². The minimum atomic E-state index is -0.230. The number of benzene rings is 1. The predicted octanol–water partition coefficient (Wildman–Crippen LogP) is 3.48. The average Bonchev–Trinajstić information content (AvgIpc) is 2.28. The van der Waals surface area contributed by atoms with E-state index < -0.39 is 0 Å². The SMILES string of the molecule is CCCCCc1ccc(COC(C)=O)cc1. The number of ether oxygens (including phenoxy) is 1. The first-order valence-corrected chi connectivity index (χ1v) is 5.93. The van der Waals surface area contributed by atoms with Crippen molar-refractivity contribution in [3.05, 3.63) is 35.4 Å². The van der Waals surface area contributed by atoms with Gasteiger partial charge in [0.05, 0.1) is 0 Å². The maximum atomic E-state index is 10.6. The lowest BCUT2D eigenvalue weighted by molar-refractivity contribution is -0.142. The monoisotopic (exact) mass is 220 g/mol. The molecule has 0 atom stereocenters. The number of hydrogen-bond donors (Lipinski definition) is 0. The van der Waals surface area contributed by atoms with E-state index in [1.54, 1.807) is 0 Å². The molecule has 0 aliphatic heterocycles. The second-order valence-electron chi connectivity index (χ2n) is 4.05. The molecule has 0 amide bonds. The molecule has 2 nitrogen and oxygen atoms in total. The quantitative estimate of drug-likeness (QED) is 0.542. The minimum Gasteiger partial charge on any atom is -0.461 e. The summed E-state index contributed by atoms with van der Waals surface area (Å²) in [6.45, 7) is 4.02. The van der Waals surface area contributed by atoms with Gasteiger partial charge in [-0.1, -0.05) is 44.0 Å². The Hall–Kier alpha value is -1.31. The Balaban J connectivity index is 2.38. The summed E-state index contributed by atoms with van der Waals surface area (Å²) < 4.78 is 4.93. The maximum Gasteiger partial charge on any atom is 0.302 e. The van der Waals surface area contributed by atoms with Gasteiger partial charge in [-0.15, -0.1) is 0 Å². The van der Waals surface area contributed by atoms with Crippen LogP contribution in [0.3, 0.4) is 0 Å². The molecule has 0 bridgehead atoms. The fourth-order valence-electron chi connectivity index (χ4n) is 1.57. The standard InChI is InChI=1S/C14H20O2/c1-3-4-5-6-13-7-9-14(10-8-13)11-16-12(2)15/h7-10H,3-6,11H2,1-2H3. The lowest BCUT2D eigenvalue weighted by atomic mass is 10.1. The molecule has 0 N–H and O–H groups in total. The fourth-order valence-corrected chi connectivity index (χ4v) is 1.57. The molecule has 1 rings (SSSR count). The third-order valence-electron chi connectivity index (χ3n) is 2.53. The molecule has 0 saturated carbocycles. The summed E-state index contributed by atoms with van der Waals surface area (Å²) >= 11 is 0. The second kappa shape index (κ2) is 7.04. The molecule has 88 valence electrons. The van der Waals surface area contributed by atoms with Gasteiger partial charge in [0.15, 0.2) is 0 Å². The van der Waals surface area contributed by atoms with Crippen molar-refractivity contribution < 1.29 is 9.53 Å². The lowest BCUT2D eigenvalue weighted by Gasteiger charge is -2.04. The van der Waals surface area contributed by atoms with Crippen LogP contribution in [-0.2, 0) is 22.6 Å². The van der Waals surface area contributed by atoms with Gasteiger partial charge in [-0.25, -0.2) is 0 Å². The summed E-state index contributed by atoms with van der Waals surface area (Å²) in [5.41, 5.74) is 2.41. The number of esters is 1. The molecule has 0 radical (unpaired) electrons. The first-order chi connectivity index (χ1) is 7.72. The number of unbranched alkanes of at least 4 members (excludes halogenated alkanes) is 2. The van der Waals surface area contributed by atoms with Crippen LogP contribution in [0.2, 0.25) is 0 Å². The van der Waals surface area contributed by atoms with E-state index in [1.165, 1.54) is 31.7 Å². The van der Waals surface area contributed by atoms with Crippen LogP contribution in [0.5, 0.6) is 0 Å². The van der Waals surface area contributed by atoms with Crippen molar-refractivity contribution in [1.82, 2.24) is 0 Å². The van der Waals surface area contributed by atoms with Crippen LogP contribution in [0.4, 0.5) is 0 Å². The highest BCUT2D eigenvalue weighted by molar-refractivity contribution is 5.65. The molecule has 0 aliphatic carbocycles. The van der Waals surface area contributed by atoms with Crippen molar-refractivity contribution in [2.24, 2.45) is 0 Å². The van der Waals surface area contributed by atoms with E-state index in [-0.39, 0.29) is 5.97 Å². The summed E-state index contributed by atoms with van der Waals surface area (Å²) in [7, 11) is 0. The number of carbonyl (C=O) groups is 1. The van der Waals surface area contributed by atoms with Crippen molar-refractivity contribution in [1.29, 1.82) is 0 Å². The fraction of sp³-hybridized carbons (Fsp3) is 0.500. The third kappa shape index (κ3) is 4.96. The van der Waals surface area contributed by atoms with Gasteiger partial charge in [-0.3, -0.25) is 4.79 Å². The zero-order valence-electron chi connectivity index (χ0n) is 10.2. The van der Waals surface area contributed by atoms with Gasteiger partial charge in [-0.2, -0.15) is 0 Å². The Morgan fingerprint density at radius 2 is 1.75 bits per heavy atom. The lowest BCUT2D eigenvalue weighted by Crippen LogP contribution is -1.98. The zero-order chi connectivity index (χ0) is 11.8. The Morgan fingerprint density at radius 1 is 1.12 bits per heavy atom. The average molecular weight is 220 g/mol. The summed E-state index contributed by atoms with van der Waals surface area (Å²) in [4.78, 5) is 10.6. The highest BCUT2D eigenvalue weighted by atomic mass is 16.5. The molecule has 1 aromatic rings. The number of aryl methyl sites for hydroxylation is 1. The van der Waals surface area contributed by atoms with Gasteiger partial charge >= 0.3 is 5.97 Å². The van der Waals surface area contributed by atoms with Gasteiger partial charge in [0.25, 0.3) is 0 Å². The van der Waals surface area contributed by atoms with Crippen LogP contribution in [0.1, 0.15) is 44.2 Å². The normalized spacial score (nSPS) is 10.1. The van der Waals surface area contributed by atoms with Crippen LogP contribution in [0, 0.1) is 0 Å². The van der Waals surface area contributed by atoms with E-state index in [4.69, 9.17) is 4.74 Å². The highest BCUT2D eigenvalue weighted by Crippen LogP contribution is 2.09. The van der Waals surface area contributed by atoms with Gasteiger partial charge in [0.1, 0.15) is 6.61 Å². The molecule has 0 aliphatic rings. The minimum absolute atomic E-state index is 0.230. The van der Waals surface area contributed by atoms with Crippen molar-refractivity contribution in [2.75, 3.05) is 0 Å². The van der Waals surface area contributed by atoms with Crippen molar-refractivity contribution in [3.8, 4) is 0 Å². The first kappa shape index (κ1) is 12.8. The summed E-state index contributed by atoms with van der Waals surface area (Å²) in [6.07, 6.45) is 4.93. The molecule has 16 heavy (non-hydrogen) atoms. The number of hydrogen-bond acceptors (Lipinski definition) is 2. The van der Waals surface area contributed by atoms with Crippen LogP contribution in [0.15, 0.2) is 24.3 Å². The third-order valence-corrected chi connectivity index (χ3v) is 2.53. The van der Waals surface area contributed by atoms with E-state index in [0.29, 0.717) is 6.61 Å². The molecule has 0 spiro atoms. The summed E-state index contributed by atoms with van der Waals surface area (Å²) in [6, 6.07) is 8.30.